The van der Waals surface area contributed by atoms with Crippen LogP contribution in [0, 0.1) is 0 Å². The number of carbonyl (C=O) groups excluding carboxylic acids is 2. The van der Waals surface area contributed by atoms with E-state index in [-0.39, 0.29) is 24.2 Å². The van der Waals surface area contributed by atoms with Crippen LogP contribution in [-0.4, -0.2) is 47.6 Å². The molecule has 0 spiro atoms. The van der Waals surface area contributed by atoms with E-state index in [1.807, 2.05) is 0 Å². The molecule has 3 aromatic rings. The minimum atomic E-state index is -0.371. The van der Waals surface area contributed by atoms with Gasteiger partial charge in [-0.3, -0.25) is 14.9 Å². The number of hydrogen-bond donors (Lipinski definition) is 2. The van der Waals surface area contributed by atoms with Gasteiger partial charge in [-0.15, -0.1) is 10.2 Å². The summed E-state index contributed by atoms with van der Waals surface area (Å²) in [5.41, 5.74) is 0.616. The Morgan fingerprint density at radius 3 is 2.62 bits per heavy atom. The third-order valence-electron chi connectivity index (χ3n) is 3.99. The maximum Gasteiger partial charge on any atom is 0.264 e. The van der Waals surface area contributed by atoms with Gasteiger partial charge in [0.1, 0.15) is 19.0 Å². The Labute approximate surface area is 196 Å². The van der Waals surface area contributed by atoms with Crippen LogP contribution in [0.4, 0.5) is 10.8 Å². The minimum absolute atomic E-state index is 0.136. The molecule has 0 saturated carbocycles. The highest BCUT2D eigenvalue weighted by molar-refractivity contribution is 8.01. The van der Waals surface area contributed by atoms with Gasteiger partial charge in [0, 0.05) is 16.8 Å². The maximum atomic E-state index is 12.2. The fourth-order valence-corrected chi connectivity index (χ4v) is 4.29. The van der Waals surface area contributed by atoms with E-state index in [4.69, 9.17) is 25.8 Å². The molecule has 1 aliphatic heterocycles. The summed E-state index contributed by atoms with van der Waals surface area (Å²) in [4.78, 5) is 24.3. The van der Waals surface area contributed by atoms with Crippen LogP contribution >= 0.6 is 34.7 Å². The van der Waals surface area contributed by atoms with E-state index in [1.165, 1.54) is 23.1 Å². The van der Waals surface area contributed by atoms with Gasteiger partial charge in [0.15, 0.2) is 22.4 Å². The van der Waals surface area contributed by atoms with Gasteiger partial charge in [0.25, 0.3) is 5.91 Å². The zero-order valence-electron chi connectivity index (χ0n) is 16.5. The molecule has 2 aromatic carbocycles. The van der Waals surface area contributed by atoms with Crippen LogP contribution < -0.4 is 24.8 Å². The Kier molecular flexibility index (Phi) is 7.30. The summed E-state index contributed by atoms with van der Waals surface area (Å²) < 4.78 is 16.9. The average molecular weight is 493 g/mol. The zero-order valence-corrected chi connectivity index (χ0v) is 18.9. The van der Waals surface area contributed by atoms with Crippen LogP contribution in [0.25, 0.3) is 0 Å². The van der Waals surface area contributed by atoms with Crippen LogP contribution in [-0.2, 0) is 9.59 Å². The van der Waals surface area contributed by atoms with E-state index in [0.717, 1.165) is 0 Å². The second-order valence-electron chi connectivity index (χ2n) is 6.36. The molecule has 2 heterocycles. The molecule has 12 heteroatoms. The van der Waals surface area contributed by atoms with Crippen molar-refractivity contribution in [3.8, 4) is 17.2 Å². The Morgan fingerprint density at radius 1 is 1.03 bits per heavy atom. The lowest BCUT2D eigenvalue weighted by molar-refractivity contribution is -0.118. The first-order valence-electron chi connectivity index (χ1n) is 9.39. The highest BCUT2D eigenvalue weighted by atomic mass is 35.5. The molecular formula is C20H17ClN4O5S2. The molecule has 1 aromatic heterocycles. The second-order valence-corrected chi connectivity index (χ2v) is 9.00. The maximum absolute atomic E-state index is 12.2. The lowest BCUT2D eigenvalue weighted by Crippen LogP contribution is -2.20. The lowest BCUT2D eigenvalue weighted by atomic mass is 10.2. The monoisotopic (exact) mass is 492 g/mol. The van der Waals surface area contributed by atoms with Gasteiger partial charge in [-0.1, -0.05) is 34.7 Å². The van der Waals surface area contributed by atoms with Crippen LogP contribution in [0.2, 0.25) is 5.02 Å². The van der Waals surface area contributed by atoms with Crippen molar-refractivity contribution < 1.29 is 23.8 Å². The molecule has 32 heavy (non-hydrogen) atoms. The molecule has 0 atom stereocenters. The van der Waals surface area contributed by atoms with Gasteiger partial charge >= 0.3 is 0 Å². The number of thioether (sulfide) groups is 1. The van der Waals surface area contributed by atoms with Gasteiger partial charge in [0.05, 0.1) is 5.75 Å². The summed E-state index contributed by atoms with van der Waals surface area (Å²) in [6.45, 7) is 0.806. The van der Waals surface area contributed by atoms with E-state index in [9.17, 15) is 9.59 Å². The highest BCUT2D eigenvalue weighted by Crippen LogP contribution is 2.33. The van der Waals surface area contributed by atoms with Gasteiger partial charge in [0.2, 0.25) is 11.0 Å². The molecule has 4 rings (SSSR count). The van der Waals surface area contributed by atoms with E-state index in [0.29, 0.717) is 50.6 Å². The molecule has 0 radical (unpaired) electrons. The van der Waals surface area contributed by atoms with Gasteiger partial charge < -0.3 is 19.5 Å². The van der Waals surface area contributed by atoms with Crippen molar-refractivity contribution in [1.29, 1.82) is 0 Å². The number of anilines is 2. The second kappa shape index (κ2) is 10.5. The number of benzene rings is 2. The molecule has 0 saturated heterocycles. The fourth-order valence-electron chi connectivity index (χ4n) is 2.60. The van der Waals surface area contributed by atoms with Crippen molar-refractivity contribution >= 4 is 57.3 Å². The molecule has 2 amide bonds. The number of fused-ring (bicyclic) bond motifs is 1. The smallest absolute Gasteiger partial charge is 0.264 e. The summed E-state index contributed by atoms with van der Waals surface area (Å²) in [5.74, 6) is 1.35. The normalized spacial score (nSPS) is 12.2. The third-order valence-corrected chi connectivity index (χ3v) is 6.21. The number of nitrogens with one attached hydrogen (secondary N) is 2. The number of carbonyl (C=O) groups is 2. The average Bonchev–Trinajstić information content (AvgIpc) is 3.24. The number of amides is 2. The first-order valence-corrected chi connectivity index (χ1v) is 11.6. The lowest BCUT2D eigenvalue weighted by Gasteiger charge is -2.18. The molecule has 0 fully saturated rings. The number of halogens is 1. The third kappa shape index (κ3) is 6.25. The largest absolute Gasteiger partial charge is 0.486 e. The molecule has 2 N–H and O–H groups in total. The van der Waals surface area contributed by atoms with Crippen LogP contribution in [0.15, 0.2) is 46.8 Å². The summed E-state index contributed by atoms with van der Waals surface area (Å²) >= 11 is 8.20. The predicted molar refractivity (Wildman–Crippen MR) is 122 cm³/mol. The van der Waals surface area contributed by atoms with Gasteiger partial charge in [-0.05, 0) is 36.4 Å². The summed E-state index contributed by atoms with van der Waals surface area (Å²) in [6.07, 6.45) is 0. The Bertz CT molecular complexity index is 1110. The number of rotatable bonds is 8. The SMILES string of the molecule is O=C(CSc1nnc(NC(=O)COc2ccc(Cl)cc2)s1)Nc1ccc2c(c1)OCCO2. The first kappa shape index (κ1) is 22.2. The van der Waals surface area contributed by atoms with Crippen molar-refractivity contribution in [3.63, 3.8) is 0 Å². The summed E-state index contributed by atoms with van der Waals surface area (Å²) in [5, 5.41) is 14.2. The van der Waals surface area contributed by atoms with Crippen LogP contribution in [0.3, 0.4) is 0 Å². The van der Waals surface area contributed by atoms with E-state index in [2.05, 4.69) is 20.8 Å². The highest BCUT2D eigenvalue weighted by Gasteiger charge is 2.14. The molecule has 166 valence electrons. The quantitative estimate of drug-likeness (QED) is 0.361. The Morgan fingerprint density at radius 2 is 1.81 bits per heavy atom. The van der Waals surface area contributed by atoms with Crippen molar-refractivity contribution in [3.05, 3.63) is 47.5 Å². The van der Waals surface area contributed by atoms with Crippen molar-refractivity contribution in [1.82, 2.24) is 10.2 Å². The van der Waals surface area contributed by atoms with Crippen molar-refractivity contribution in [2.24, 2.45) is 0 Å². The summed E-state index contributed by atoms with van der Waals surface area (Å²) in [6, 6.07) is 11.9. The number of aromatic nitrogens is 2. The Hall–Kier alpha value is -3.02. The molecular weight excluding hydrogens is 476 g/mol. The van der Waals surface area contributed by atoms with E-state index >= 15 is 0 Å². The molecule has 0 unspecified atom stereocenters. The predicted octanol–water partition coefficient (Wildman–Crippen LogP) is 3.71. The van der Waals surface area contributed by atoms with Gasteiger partial charge in [-0.2, -0.15) is 0 Å². The van der Waals surface area contributed by atoms with Crippen molar-refractivity contribution in [2.45, 2.75) is 4.34 Å². The number of nitrogens with zero attached hydrogens (tertiary/aromatic N) is 2. The van der Waals surface area contributed by atoms with E-state index in [1.54, 1.807) is 42.5 Å². The zero-order chi connectivity index (χ0) is 22.3. The van der Waals surface area contributed by atoms with Crippen molar-refractivity contribution in [2.75, 3.05) is 36.2 Å². The number of hydrogen-bond acceptors (Lipinski definition) is 9. The van der Waals surface area contributed by atoms with Crippen LogP contribution in [0.5, 0.6) is 17.2 Å². The standard InChI is InChI=1S/C20H17ClN4O5S2/c21-12-1-4-14(5-2-12)30-10-17(26)23-19-24-25-20(32-19)31-11-18(27)22-13-3-6-15-16(9-13)29-8-7-28-15/h1-6,9H,7-8,10-11H2,(H,22,27)(H,23,24,26). The first-order chi connectivity index (χ1) is 15.5. The van der Waals surface area contributed by atoms with E-state index < -0.39 is 0 Å². The minimum Gasteiger partial charge on any atom is -0.486 e. The fraction of sp³-hybridized carbons (Fsp3) is 0.200. The van der Waals surface area contributed by atoms with Crippen LogP contribution in [0.1, 0.15) is 0 Å². The molecule has 0 bridgehead atoms. The molecule has 0 aliphatic carbocycles. The summed E-state index contributed by atoms with van der Waals surface area (Å²) in [7, 11) is 0. The number of ether oxygens (including phenoxy) is 3. The molecule has 1 aliphatic rings. The molecule has 9 nitrogen and oxygen atoms in total. The van der Waals surface area contributed by atoms with Gasteiger partial charge in [-0.25, -0.2) is 0 Å². The topological polar surface area (TPSA) is 112 Å². The Balaban J connectivity index is 1.21.